The second-order valence-corrected chi connectivity index (χ2v) is 6.12. The van der Waals surface area contributed by atoms with E-state index in [4.69, 9.17) is 22.1 Å². The van der Waals surface area contributed by atoms with E-state index in [1.165, 1.54) is 13.2 Å². The van der Waals surface area contributed by atoms with Crippen molar-refractivity contribution in [1.82, 2.24) is 10.2 Å². The molecule has 3 atom stereocenters. The number of nitrogens with two attached hydrogens (primary N) is 1. The van der Waals surface area contributed by atoms with Crippen LogP contribution < -0.4 is 11.1 Å². The van der Waals surface area contributed by atoms with E-state index in [9.17, 15) is 9.18 Å². The van der Waals surface area contributed by atoms with Crippen molar-refractivity contribution in [1.29, 1.82) is 0 Å². The Balaban J connectivity index is 2.18. The average molecular weight is 344 g/mol. The van der Waals surface area contributed by atoms with Gasteiger partial charge in [-0.25, -0.2) is 4.39 Å². The number of nitrogens with zero attached hydrogens (tertiary/aromatic N) is 1. The Bertz CT molecular complexity index is 558. The molecule has 1 aromatic rings. The molecule has 128 valence electrons. The lowest BCUT2D eigenvalue weighted by Crippen LogP contribution is -2.49. The van der Waals surface area contributed by atoms with Crippen LogP contribution in [0.3, 0.4) is 0 Å². The molecule has 1 aliphatic heterocycles. The quantitative estimate of drug-likeness (QED) is 0.825. The number of amides is 1. The lowest BCUT2D eigenvalue weighted by Gasteiger charge is -2.29. The third-order valence-corrected chi connectivity index (χ3v) is 4.51. The molecular weight excluding hydrogens is 321 g/mol. The van der Waals surface area contributed by atoms with E-state index in [0.29, 0.717) is 0 Å². The van der Waals surface area contributed by atoms with Gasteiger partial charge in [0.1, 0.15) is 11.9 Å². The van der Waals surface area contributed by atoms with Gasteiger partial charge in [-0.15, -0.1) is 0 Å². The summed E-state index contributed by atoms with van der Waals surface area (Å²) in [5.41, 5.74) is 6.58. The van der Waals surface area contributed by atoms with Crippen molar-refractivity contribution in [2.75, 3.05) is 26.8 Å². The molecule has 0 spiro atoms. The number of rotatable bonds is 6. The van der Waals surface area contributed by atoms with Crippen LogP contribution in [0.2, 0.25) is 5.02 Å². The summed E-state index contributed by atoms with van der Waals surface area (Å²) in [4.78, 5) is 14.4. The van der Waals surface area contributed by atoms with E-state index in [-0.39, 0.29) is 29.6 Å². The Morgan fingerprint density at radius 3 is 2.96 bits per heavy atom. The van der Waals surface area contributed by atoms with E-state index in [2.05, 4.69) is 10.2 Å². The molecule has 1 heterocycles. The number of likely N-dealkylation sites (tertiary alicyclic amines) is 1. The lowest BCUT2D eigenvalue weighted by atomic mass is 9.99. The highest BCUT2D eigenvalue weighted by Gasteiger charge is 2.36. The first-order chi connectivity index (χ1) is 11.0. The second-order valence-electron chi connectivity index (χ2n) is 5.71. The number of benzene rings is 1. The van der Waals surface area contributed by atoms with Crippen molar-refractivity contribution in [2.24, 2.45) is 5.73 Å². The van der Waals surface area contributed by atoms with Crippen LogP contribution >= 0.6 is 11.6 Å². The van der Waals surface area contributed by atoms with Crippen molar-refractivity contribution in [3.05, 3.63) is 34.6 Å². The minimum absolute atomic E-state index is 0.0922. The fraction of sp³-hybridized carbons (Fsp3) is 0.562. The monoisotopic (exact) mass is 343 g/mol. The number of halogens is 2. The normalized spacial score (nSPS) is 23.0. The standard InChI is InChI=1S/C16H23ClFN3O2/c1-3-21-7-6-14(20-16(22)13(19)9-23-2)15(21)10-4-5-11(17)12(18)8-10/h4-5,8,13-15H,3,6-7,9,19H2,1-2H3,(H,20,22). The number of hydrogen-bond donors (Lipinski definition) is 2. The van der Waals surface area contributed by atoms with E-state index in [1.54, 1.807) is 12.1 Å². The molecule has 0 saturated carbocycles. The van der Waals surface area contributed by atoms with Crippen molar-refractivity contribution < 1.29 is 13.9 Å². The molecule has 3 N–H and O–H groups in total. The number of methoxy groups -OCH3 is 1. The van der Waals surface area contributed by atoms with Crippen molar-refractivity contribution >= 4 is 17.5 Å². The molecule has 0 radical (unpaired) electrons. The minimum atomic E-state index is -0.710. The van der Waals surface area contributed by atoms with Crippen molar-refractivity contribution in [2.45, 2.75) is 31.5 Å². The first-order valence-corrected chi connectivity index (χ1v) is 8.09. The molecular formula is C16H23ClFN3O2. The molecule has 1 aromatic carbocycles. The number of carbonyl (C=O) groups is 1. The van der Waals surface area contributed by atoms with Crippen molar-refractivity contribution in [3.8, 4) is 0 Å². The summed E-state index contributed by atoms with van der Waals surface area (Å²) in [6.07, 6.45) is 0.786. The molecule has 3 unspecified atom stereocenters. The van der Waals surface area contributed by atoms with Crippen LogP contribution in [0, 0.1) is 5.82 Å². The zero-order valence-corrected chi connectivity index (χ0v) is 14.1. The summed E-state index contributed by atoms with van der Waals surface area (Å²) in [5, 5.41) is 3.06. The van der Waals surface area contributed by atoms with Crippen LogP contribution in [0.15, 0.2) is 18.2 Å². The summed E-state index contributed by atoms with van der Waals surface area (Å²) in [6, 6.07) is 3.87. The minimum Gasteiger partial charge on any atom is -0.383 e. The molecule has 0 aliphatic carbocycles. The maximum Gasteiger partial charge on any atom is 0.239 e. The predicted octanol–water partition coefficient (Wildman–Crippen LogP) is 1.70. The summed E-state index contributed by atoms with van der Waals surface area (Å²) in [5.74, 6) is -0.706. The maximum atomic E-state index is 13.8. The molecule has 23 heavy (non-hydrogen) atoms. The number of likely N-dealkylation sites (N-methyl/N-ethyl adjacent to an activating group) is 1. The second kappa shape index (κ2) is 8.06. The number of hydrogen-bond acceptors (Lipinski definition) is 4. The maximum absolute atomic E-state index is 13.8. The van der Waals surface area contributed by atoms with Gasteiger partial charge in [0.15, 0.2) is 0 Å². The fourth-order valence-corrected chi connectivity index (χ4v) is 3.16. The van der Waals surface area contributed by atoms with Crippen LogP contribution in [0.1, 0.15) is 24.9 Å². The predicted molar refractivity (Wildman–Crippen MR) is 87.8 cm³/mol. The lowest BCUT2D eigenvalue weighted by molar-refractivity contribution is -0.124. The fourth-order valence-electron chi connectivity index (χ4n) is 3.05. The summed E-state index contributed by atoms with van der Waals surface area (Å²) in [6.45, 7) is 3.84. The van der Waals surface area contributed by atoms with Gasteiger partial charge in [-0.2, -0.15) is 0 Å². The van der Waals surface area contributed by atoms with Gasteiger partial charge in [0, 0.05) is 19.7 Å². The van der Waals surface area contributed by atoms with Gasteiger partial charge in [0.05, 0.1) is 17.7 Å². The van der Waals surface area contributed by atoms with Crippen LogP contribution in [-0.2, 0) is 9.53 Å². The van der Waals surface area contributed by atoms with Gasteiger partial charge in [-0.1, -0.05) is 24.6 Å². The highest BCUT2D eigenvalue weighted by Crippen LogP contribution is 2.33. The topological polar surface area (TPSA) is 67.6 Å². The molecule has 1 saturated heterocycles. The van der Waals surface area contributed by atoms with E-state index >= 15 is 0 Å². The van der Waals surface area contributed by atoms with E-state index in [0.717, 1.165) is 25.1 Å². The number of nitrogens with one attached hydrogen (secondary N) is 1. The Morgan fingerprint density at radius 2 is 2.35 bits per heavy atom. The first-order valence-electron chi connectivity index (χ1n) is 7.71. The highest BCUT2D eigenvalue weighted by molar-refractivity contribution is 6.30. The number of carbonyl (C=O) groups excluding carboxylic acids is 1. The Labute approximate surface area is 140 Å². The summed E-state index contributed by atoms with van der Waals surface area (Å²) in [7, 11) is 1.50. The van der Waals surface area contributed by atoms with Crippen LogP contribution in [0.4, 0.5) is 4.39 Å². The van der Waals surface area contributed by atoms with Gasteiger partial charge >= 0.3 is 0 Å². The van der Waals surface area contributed by atoms with Crippen molar-refractivity contribution in [3.63, 3.8) is 0 Å². The Morgan fingerprint density at radius 1 is 1.61 bits per heavy atom. The average Bonchev–Trinajstić information content (AvgIpc) is 2.93. The van der Waals surface area contributed by atoms with Gasteiger partial charge in [-0.05, 0) is 30.7 Å². The SMILES string of the molecule is CCN1CCC(NC(=O)C(N)COC)C1c1ccc(Cl)c(F)c1. The van der Waals surface area contributed by atoms with Crippen LogP contribution in [-0.4, -0.2) is 49.7 Å². The molecule has 1 fully saturated rings. The molecule has 0 bridgehead atoms. The summed E-state index contributed by atoms with van der Waals surface area (Å²) >= 11 is 5.77. The molecule has 5 nitrogen and oxygen atoms in total. The van der Waals surface area contributed by atoms with E-state index in [1.807, 2.05) is 6.92 Å². The van der Waals surface area contributed by atoms with Crippen LogP contribution in [0.5, 0.6) is 0 Å². The summed E-state index contributed by atoms with van der Waals surface area (Å²) < 4.78 is 18.7. The molecule has 1 amide bonds. The molecule has 0 aromatic heterocycles. The molecule has 7 heteroatoms. The third kappa shape index (κ3) is 4.20. The van der Waals surface area contributed by atoms with E-state index < -0.39 is 11.9 Å². The smallest absolute Gasteiger partial charge is 0.239 e. The number of ether oxygens (including phenoxy) is 1. The first kappa shape index (κ1) is 18.1. The molecule has 2 rings (SSSR count). The Kier molecular flexibility index (Phi) is 6.35. The van der Waals surface area contributed by atoms with Gasteiger partial charge in [0.2, 0.25) is 5.91 Å². The zero-order chi connectivity index (χ0) is 17.0. The largest absolute Gasteiger partial charge is 0.383 e. The van der Waals surface area contributed by atoms with Gasteiger partial charge in [-0.3, -0.25) is 9.69 Å². The molecule has 1 aliphatic rings. The zero-order valence-electron chi connectivity index (χ0n) is 13.4. The van der Waals surface area contributed by atoms with Gasteiger partial charge in [0.25, 0.3) is 0 Å². The highest BCUT2D eigenvalue weighted by atomic mass is 35.5. The Hall–Kier alpha value is -1.21. The third-order valence-electron chi connectivity index (χ3n) is 4.20. The van der Waals surface area contributed by atoms with Gasteiger partial charge < -0.3 is 15.8 Å². The van der Waals surface area contributed by atoms with Crippen LogP contribution in [0.25, 0.3) is 0 Å².